The normalized spacial score (nSPS) is 10.0. The van der Waals surface area contributed by atoms with Crippen molar-refractivity contribution in [3.8, 4) is 17.2 Å². The van der Waals surface area contributed by atoms with Crippen LogP contribution in [0.15, 0.2) is 30.3 Å². The average molecular weight is 318 g/mol. The molecule has 1 heterocycles. The quantitative estimate of drug-likeness (QED) is 0.810. The number of benzene rings is 1. The van der Waals surface area contributed by atoms with Gasteiger partial charge in [0.25, 0.3) is 0 Å². The number of hydrogen-bond acceptors (Lipinski definition) is 6. The molecule has 122 valence electrons. The minimum absolute atomic E-state index is 0.0192. The Kier molecular flexibility index (Phi) is 5.24. The van der Waals surface area contributed by atoms with Crippen molar-refractivity contribution in [3.05, 3.63) is 41.6 Å². The summed E-state index contributed by atoms with van der Waals surface area (Å²) in [5.74, 6) is 1.01. The zero-order chi connectivity index (χ0) is 16.8. The second-order valence-electron chi connectivity index (χ2n) is 4.56. The van der Waals surface area contributed by atoms with Gasteiger partial charge in [-0.15, -0.1) is 0 Å². The fraction of sp³-hybridized carbons (Fsp3) is 0.250. The lowest BCUT2D eigenvalue weighted by molar-refractivity contribution is 0.0690. The summed E-state index contributed by atoms with van der Waals surface area (Å²) in [7, 11) is 4.64. The highest BCUT2D eigenvalue weighted by atomic mass is 16.5. The van der Waals surface area contributed by atoms with Gasteiger partial charge in [-0.05, 0) is 24.3 Å². The number of nitrogens with one attached hydrogen (secondary N) is 1. The first-order valence-corrected chi connectivity index (χ1v) is 6.82. The number of anilines is 1. The first-order chi connectivity index (χ1) is 11.1. The van der Waals surface area contributed by atoms with E-state index in [9.17, 15) is 4.79 Å². The van der Waals surface area contributed by atoms with Crippen LogP contribution in [0, 0.1) is 0 Å². The molecule has 0 atom stereocenters. The summed E-state index contributed by atoms with van der Waals surface area (Å²) in [4.78, 5) is 15.0. The molecule has 0 radical (unpaired) electrons. The highest BCUT2D eigenvalue weighted by molar-refractivity contribution is 5.85. The molecule has 0 bridgehead atoms. The minimum atomic E-state index is -1.07. The largest absolute Gasteiger partial charge is 0.493 e. The first-order valence-electron chi connectivity index (χ1n) is 6.82. The average Bonchev–Trinajstić information content (AvgIpc) is 2.58. The topological polar surface area (TPSA) is 89.9 Å². The van der Waals surface area contributed by atoms with Crippen molar-refractivity contribution in [1.82, 2.24) is 4.98 Å². The maximum Gasteiger partial charge on any atom is 0.354 e. The van der Waals surface area contributed by atoms with Crippen LogP contribution in [0.2, 0.25) is 0 Å². The van der Waals surface area contributed by atoms with Gasteiger partial charge >= 0.3 is 5.97 Å². The maximum absolute atomic E-state index is 10.9. The Balaban J connectivity index is 2.23. The third-order valence-electron chi connectivity index (χ3n) is 3.21. The van der Waals surface area contributed by atoms with Crippen LogP contribution in [-0.2, 0) is 6.54 Å². The number of carbonyl (C=O) groups is 1. The highest BCUT2D eigenvalue weighted by Crippen LogP contribution is 2.39. The fourth-order valence-corrected chi connectivity index (χ4v) is 2.14. The smallest absolute Gasteiger partial charge is 0.354 e. The molecule has 2 aromatic rings. The second-order valence-corrected chi connectivity index (χ2v) is 4.56. The summed E-state index contributed by atoms with van der Waals surface area (Å²) >= 11 is 0. The molecule has 7 heteroatoms. The predicted octanol–water partition coefficient (Wildman–Crippen LogP) is 2.42. The first kappa shape index (κ1) is 16.4. The van der Waals surface area contributed by atoms with Crippen LogP contribution in [0.4, 0.5) is 5.82 Å². The lowest BCUT2D eigenvalue weighted by Crippen LogP contribution is -2.07. The third-order valence-corrected chi connectivity index (χ3v) is 3.21. The molecule has 1 aromatic carbocycles. The maximum atomic E-state index is 10.9. The van der Waals surface area contributed by atoms with E-state index >= 15 is 0 Å². The molecule has 0 unspecified atom stereocenters. The molecule has 2 N–H and O–H groups in total. The van der Waals surface area contributed by atoms with Gasteiger partial charge in [0.05, 0.1) is 21.3 Å². The molecule has 1 aromatic heterocycles. The zero-order valence-electron chi connectivity index (χ0n) is 13.1. The van der Waals surface area contributed by atoms with Crippen LogP contribution >= 0.6 is 0 Å². The summed E-state index contributed by atoms with van der Waals surface area (Å²) in [6.07, 6.45) is 0. The van der Waals surface area contributed by atoms with Crippen LogP contribution in [0.25, 0.3) is 0 Å². The fourth-order valence-electron chi connectivity index (χ4n) is 2.14. The van der Waals surface area contributed by atoms with Crippen molar-refractivity contribution in [2.75, 3.05) is 26.6 Å². The van der Waals surface area contributed by atoms with Crippen molar-refractivity contribution in [2.24, 2.45) is 0 Å². The minimum Gasteiger partial charge on any atom is -0.493 e. The van der Waals surface area contributed by atoms with E-state index in [4.69, 9.17) is 19.3 Å². The van der Waals surface area contributed by atoms with Crippen molar-refractivity contribution in [2.45, 2.75) is 6.54 Å². The summed E-state index contributed by atoms with van der Waals surface area (Å²) in [5, 5.41) is 12.0. The number of nitrogens with zero attached hydrogens (tertiary/aromatic N) is 1. The molecular formula is C16H18N2O5. The van der Waals surface area contributed by atoms with Gasteiger partial charge in [-0.2, -0.15) is 0 Å². The van der Waals surface area contributed by atoms with Crippen molar-refractivity contribution in [1.29, 1.82) is 0 Å². The van der Waals surface area contributed by atoms with Gasteiger partial charge < -0.3 is 24.6 Å². The summed E-state index contributed by atoms with van der Waals surface area (Å²) in [6.45, 7) is 0.388. The monoisotopic (exact) mass is 318 g/mol. The number of rotatable bonds is 7. The van der Waals surface area contributed by atoms with Crippen LogP contribution in [0.3, 0.4) is 0 Å². The molecule has 0 fully saturated rings. The Labute approximate surface area is 133 Å². The third kappa shape index (κ3) is 3.63. The van der Waals surface area contributed by atoms with E-state index in [-0.39, 0.29) is 5.69 Å². The molecule has 7 nitrogen and oxygen atoms in total. The van der Waals surface area contributed by atoms with Crippen molar-refractivity contribution in [3.63, 3.8) is 0 Å². The lowest BCUT2D eigenvalue weighted by Gasteiger charge is -2.16. The van der Waals surface area contributed by atoms with E-state index in [1.54, 1.807) is 32.4 Å². The van der Waals surface area contributed by atoms with Crippen LogP contribution in [0.5, 0.6) is 17.2 Å². The zero-order valence-corrected chi connectivity index (χ0v) is 13.1. The Bertz CT molecular complexity index is 703. The number of aromatic carboxylic acids is 1. The number of pyridine rings is 1. The molecule has 0 saturated carbocycles. The molecular weight excluding hydrogens is 300 g/mol. The number of carboxylic acid groups (broad SMARTS) is 1. The predicted molar refractivity (Wildman–Crippen MR) is 84.6 cm³/mol. The van der Waals surface area contributed by atoms with E-state index in [2.05, 4.69) is 10.3 Å². The molecule has 0 aliphatic heterocycles. The van der Waals surface area contributed by atoms with Gasteiger partial charge in [-0.3, -0.25) is 0 Å². The van der Waals surface area contributed by atoms with Crippen molar-refractivity contribution < 1.29 is 24.1 Å². The van der Waals surface area contributed by atoms with E-state index in [0.717, 1.165) is 5.56 Å². The molecule has 23 heavy (non-hydrogen) atoms. The van der Waals surface area contributed by atoms with E-state index in [1.165, 1.54) is 13.2 Å². The second kappa shape index (κ2) is 7.35. The summed E-state index contributed by atoms with van der Waals surface area (Å²) < 4.78 is 16.0. The van der Waals surface area contributed by atoms with Crippen molar-refractivity contribution >= 4 is 11.8 Å². The van der Waals surface area contributed by atoms with Gasteiger partial charge in [0, 0.05) is 12.1 Å². The van der Waals surface area contributed by atoms with Gasteiger partial charge in [0.1, 0.15) is 5.82 Å². The van der Waals surface area contributed by atoms with Crippen LogP contribution in [0.1, 0.15) is 16.1 Å². The Hall–Kier alpha value is -2.96. The van der Waals surface area contributed by atoms with Gasteiger partial charge in [-0.1, -0.05) is 6.07 Å². The van der Waals surface area contributed by atoms with Gasteiger partial charge in [0.15, 0.2) is 17.2 Å². The Morgan fingerprint density at radius 2 is 1.83 bits per heavy atom. The molecule has 0 amide bonds. The Morgan fingerprint density at radius 3 is 2.43 bits per heavy atom. The molecule has 0 aliphatic rings. The van der Waals surface area contributed by atoms with Gasteiger partial charge in [-0.25, -0.2) is 9.78 Å². The Morgan fingerprint density at radius 1 is 1.09 bits per heavy atom. The van der Waals surface area contributed by atoms with Gasteiger partial charge in [0.2, 0.25) is 5.75 Å². The summed E-state index contributed by atoms with van der Waals surface area (Å²) in [5.41, 5.74) is 0.807. The van der Waals surface area contributed by atoms with E-state index in [0.29, 0.717) is 29.6 Å². The lowest BCUT2D eigenvalue weighted by atomic mass is 10.1. The molecule has 2 rings (SSSR count). The SMILES string of the molecule is COc1ccc(CNc2cccc(C(=O)O)n2)c(OC)c1OC. The van der Waals surface area contributed by atoms with Crippen LogP contribution < -0.4 is 19.5 Å². The number of ether oxygens (including phenoxy) is 3. The molecule has 0 saturated heterocycles. The number of aromatic nitrogens is 1. The van der Waals surface area contributed by atoms with E-state index in [1.807, 2.05) is 6.07 Å². The van der Waals surface area contributed by atoms with E-state index < -0.39 is 5.97 Å². The van der Waals surface area contributed by atoms with Crippen LogP contribution in [-0.4, -0.2) is 37.4 Å². The standard InChI is InChI=1S/C16H18N2O5/c1-21-12-8-7-10(14(22-2)15(12)23-3)9-17-13-6-4-5-11(18-13)16(19)20/h4-8H,9H2,1-3H3,(H,17,18)(H,19,20). The number of hydrogen-bond donors (Lipinski definition) is 2. The number of carboxylic acids is 1. The summed E-state index contributed by atoms with van der Waals surface area (Å²) in [6, 6.07) is 8.38. The number of methoxy groups -OCH3 is 3. The highest BCUT2D eigenvalue weighted by Gasteiger charge is 2.15. The molecule has 0 aliphatic carbocycles. The molecule has 0 spiro atoms.